The molecule has 1 aromatic rings. The summed E-state index contributed by atoms with van der Waals surface area (Å²) in [5.74, 6) is -0.905. The lowest BCUT2D eigenvalue weighted by Gasteiger charge is -2.18. The van der Waals surface area contributed by atoms with E-state index in [1.54, 1.807) is 39.1 Å². The van der Waals surface area contributed by atoms with Crippen molar-refractivity contribution in [3.05, 3.63) is 40.2 Å². The number of azide groups is 1. The van der Waals surface area contributed by atoms with E-state index < -0.39 is 11.4 Å². The van der Waals surface area contributed by atoms with Gasteiger partial charge in [-0.25, -0.2) is 4.79 Å². The van der Waals surface area contributed by atoms with Crippen LogP contribution in [0.2, 0.25) is 0 Å². The standard InChI is InChI=1S/C13H16N4O3/c1-13(2,3)12(19)17-7-5-6-9(17)8-10(15-16-14)11(18)20-4/h5-8H,1-4H3/b10-8-. The van der Waals surface area contributed by atoms with Crippen LogP contribution in [0.5, 0.6) is 0 Å². The van der Waals surface area contributed by atoms with E-state index in [0.717, 1.165) is 0 Å². The summed E-state index contributed by atoms with van der Waals surface area (Å²) in [4.78, 5) is 26.3. The monoisotopic (exact) mass is 276 g/mol. The molecule has 1 rings (SSSR count). The fourth-order valence-corrected chi connectivity index (χ4v) is 1.48. The van der Waals surface area contributed by atoms with Gasteiger partial charge in [0.05, 0.1) is 7.11 Å². The Balaban J connectivity index is 3.28. The van der Waals surface area contributed by atoms with Crippen molar-refractivity contribution in [2.75, 3.05) is 7.11 Å². The summed E-state index contributed by atoms with van der Waals surface area (Å²) in [6.07, 6.45) is 2.90. The zero-order chi connectivity index (χ0) is 15.3. The van der Waals surface area contributed by atoms with Crippen molar-refractivity contribution in [2.24, 2.45) is 10.5 Å². The first-order valence-electron chi connectivity index (χ1n) is 5.88. The van der Waals surface area contributed by atoms with Crippen LogP contribution < -0.4 is 0 Å². The molecular formula is C13H16N4O3. The molecule has 0 atom stereocenters. The molecule has 7 heteroatoms. The lowest BCUT2D eigenvalue weighted by atomic mass is 9.95. The molecule has 0 bridgehead atoms. The Morgan fingerprint density at radius 3 is 2.60 bits per heavy atom. The number of aromatic nitrogens is 1. The maximum Gasteiger partial charge on any atom is 0.340 e. The van der Waals surface area contributed by atoms with Gasteiger partial charge in [-0.15, -0.1) is 0 Å². The highest BCUT2D eigenvalue weighted by molar-refractivity contribution is 5.94. The number of rotatable bonds is 3. The first-order valence-corrected chi connectivity index (χ1v) is 5.88. The summed E-state index contributed by atoms with van der Waals surface area (Å²) < 4.78 is 5.91. The van der Waals surface area contributed by atoms with Gasteiger partial charge in [0.25, 0.3) is 0 Å². The van der Waals surface area contributed by atoms with E-state index >= 15 is 0 Å². The van der Waals surface area contributed by atoms with Crippen LogP contribution in [-0.2, 0) is 9.53 Å². The van der Waals surface area contributed by atoms with E-state index in [0.29, 0.717) is 5.69 Å². The summed E-state index contributed by atoms with van der Waals surface area (Å²) in [7, 11) is 1.18. The molecule has 1 heterocycles. The van der Waals surface area contributed by atoms with E-state index in [9.17, 15) is 9.59 Å². The van der Waals surface area contributed by atoms with Gasteiger partial charge in [0.2, 0.25) is 5.91 Å². The van der Waals surface area contributed by atoms with Gasteiger partial charge in [0, 0.05) is 22.2 Å². The Labute approximate surface area is 116 Å². The second-order valence-electron chi connectivity index (χ2n) is 5.07. The third-order valence-corrected chi connectivity index (χ3v) is 2.47. The Bertz CT molecular complexity index is 601. The SMILES string of the molecule is COC(=O)/C(=C/c1cccn1C(=O)C(C)(C)C)N=[N+]=[N-]. The first kappa shape index (κ1) is 15.5. The Morgan fingerprint density at radius 1 is 1.45 bits per heavy atom. The third-order valence-electron chi connectivity index (χ3n) is 2.47. The lowest BCUT2D eigenvalue weighted by Crippen LogP contribution is -2.26. The van der Waals surface area contributed by atoms with Crippen molar-refractivity contribution >= 4 is 18.0 Å². The smallest absolute Gasteiger partial charge is 0.340 e. The van der Waals surface area contributed by atoms with Gasteiger partial charge in [0.15, 0.2) is 0 Å². The average Bonchev–Trinajstić information content (AvgIpc) is 2.83. The largest absolute Gasteiger partial charge is 0.466 e. The maximum absolute atomic E-state index is 12.2. The molecule has 0 saturated heterocycles. The molecule has 20 heavy (non-hydrogen) atoms. The third kappa shape index (κ3) is 3.49. The van der Waals surface area contributed by atoms with Crippen molar-refractivity contribution < 1.29 is 14.3 Å². The predicted molar refractivity (Wildman–Crippen MR) is 73.7 cm³/mol. The van der Waals surface area contributed by atoms with E-state index in [-0.39, 0.29) is 11.6 Å². The zero-order valence-corrected chi connectivity index (χ0v) is 11.8. The molecule has 0 spiro atoms. The summed E-state index contributed by atoms with van der Waals surface area (Å²) in [5, 5.41) is 3.27. The van der Waals surface area contributed by atoms with Crippen LogP contribution in [0.15, 0.2) is 29.1 Å². The molecule has 0 aliphatic heterocycles. The van der Waals surface area contributed by atoms with Crippen molar-refractivity contribution in [1.29, 1.82) is 0 Å². The van der Waals surface area contributed by atoms with Crippen molar-refractivity contribution in [1.82, 2.24) is 4.57 Å². The van der Waals surface area contributed by atoms with Crippen LogP contribution in [0, 0.1) is 5.41 Å². The molecule has 0 fully saturated rings. The number of methoxy groups -OCH3 is 1. The first-order chi connectivity index (χ1) is 9.31. The Kier molecular flexibility index (Phi) is 4.72. The topological polar surface area (TPSA) is 97.1 Å². The van der Waals surface area contributed by atoms with E-state index in [1.165, 1.54) is 17.8 Å². The Hall–Kier alpha value is -2.53. The minimum Gasteiger partial charge on any atom is -0.466 e. The molecule has 0 aliphatic carbocycles. The second-order valence-corrected chi connectivity index (χ2v) is 5.07. The summed E-state index contributed by atoms with van der Waals surface area (Å²) in [6.45, 7) is 5.37. The molecule has 0 radical (unpaired) electrons. The minimum atomic E-state index is -0.765. The molecule has 0 saturated carbocycles. The number of esters is 1. The Morgan fingerprint density at radius 2 is 2.10 bits per heavy atom. The zero-order valence-electron chi connectivity index (χ0n) is 11.8. The van der Waals surface area contributed by atoms with Crippen molar-refractivity contribution in [3.8, 4) is 0 Å². The number of carbonyl (C=O) groups is 2. The summed E-state index contributed by atoms with van der Waals surface area (Å²) in [5.41, 5.74) is 8.11. The molecule has 1 aromatic heterocycles. The fraction of sp³-hybridized carbons (Fsp3) is 0.385. The van der Waals surface area contributed by atoms with E-state index in [4.69, 9.17) is 5.53 Å². The fourth-order valence-electron chi connectivity index (χ4n) is 1.48. The normalized spacial score (nSPS) is 11.7. The van der Waals surface area contributed by atoms with Crippen LogP contribution in [0.1, 0.15) is 31.3 Å². The molecule has 0 amide bonds. The highest BCUT2D eigenvalue weighted by Crippen LogP contribution is 2.20. The highest BCUT2D eigenvalue weighted by atomic mass is 16.5. The van der Waals surface area contributed by atoms with Crippen LogP contribution in [0.25, 0.3) is 16.5 Å². The van der Waals surface area contributed by atoms with Gasteiger partial charge < -0.3 is 4.74 Å². The molecule has 0 aliphatic rings. The van der Waals surface area contributed by atoms with Crippen molar-refractivity contribution in [2.45, 2.75) is 20.8 Å². The van der Waals surface area contributed by atoms with Crippen LogP contribution in [-0.4, -0.2) is 23.6 Å². The summed E-state index contributed by atoms with van der Waals surface area (Å²) >= 11 is 0. The molecule has 0 unspecified atom stereocenters. The van der Waals surface area contributed by atoms with E-state index in [1.807, 2.05) is 0 Å². The highest BCUT2D eigenvalue weighted by Gasteiger charge is 2.24. The molecule has 0 aromatic carbocycles. The molecule has 7 nitrogen and oxygen atoms in total. The number of carbonyl (C=O) groups excluding carboxylic acids is 2. The number of ether oxygens (including phenoxy) is 1. The van der Waals surface area contributed by atoms with Gasteiger partial charge in [0.1, 0.15) is 5.70 Å². The molecule has 106 valence electrons. The number of hydrogen-bond donors (Lipinski definition) is 0. The minimum absolute atomic E-state index is 0.140. The lowest BCUT2D eigenvalue weighted by molar-refractivity contribution is -0.136. The second kappa shape index (κ2) is 6.08. The van der Waals surface area contributed by atoms with Gasteiger partial charge in [-0.1, -0.05) is 25.9 Å². The van der Waals surface area contributed by atoms with Gasteiger partial charge in [-0.3, -0.25) is 9.36 Å². The van der Waals surface area contributed by atoms with E-state index in [2.05, 4.69) is 14.8 Å². The van der Waals surface area contributed by atoms with Crippen LogP contribution in [0.4, 0.5) is 0 Å². The number of nitrogens with zero attached hydrogens (tertiary/aromatic N) is 4. The van der Waals surface area contributed by atoms with Gasteiger partial charge in [-0.2, -0.15) is 0 Å². The van der Waals surface area contributed by atoms with Crippen molar-refractivity contribution in [3.63, 3.8) is 0 Å². The van der Waals surface area contributed by atoms with Crippen LogP contribution >= 0.6 is 0 Å². The maximum atomic E-state index is 12.2. The molecular weight excluding hydrogens is 260 g/mol. The molecule has 0 N–H and O–H groups in total. The summed E-state index contributed by atoms with van der Waals surface area (Å²) in [6, 6.07) is 3.31. The predicted octanol–water partition coefficient (Wildman–Crippen LogP) is 3.00. The van der Waals surface area contributed by atoms with Gasteiger partial charge >= 0.3 is 5.97 Å². The quantitative estimate of drug-likeness (QED) is 0.279. The average molecular weight is 276 g/mol. The number of hydrogen-bond acceptors (Lipinski definition) is 4. The van der Waals surface area contributed by atoms with Gasteiger partial charge in [-0.05, 0) is 23.7 Å². The van der Waals surface area contributed by atoms with Crippen LogP contribution in [0.3, 0.4) is 0 Å².